The van der Waals surface area contributed by atoms with Crippen molar-refractivity contribution in [3.8, 4) is 0 Å². The first-order valence-corrected chi connectivity index (χ1v) is 12.4. The van der Waals surface area contributed by atoms with Gasteiger partial charge in [-0.15, -0.1) is 0 Å². The van der Waals surface area contributed by atoms with Gasteiger partial charge in [0.15, 0.2) is 14.2 Å². The molecule has 0 aliphatic rings. The molecule has 1 aromatic rings. The normalized spacial score (nSPS) is 14.3. The van der Waals surface area contributed by atoms with Crippen LogP contribution in [-0.4, -0.2) is 50.8 Å². The summed E-state index contributed by atoms with van der Waals surface area (Å²) >= 11 is 0. The van der Waals surface area contributed by atoms with E-state index >= 15 is 0 Å². The van der Waals surface area contributed by atoms with Crippen LogP contribution >= 0.6 is 7.44 Å². The molecular weight excluding hydrogens is 333 g/mol. The molecule has 1 unspecified atom stereocenters. The van der Waals surface area contributed by atoms with E-state index in [9.17, 15) is 14.7 Å². The van der Waals surface area contributed by atoms with Crippen LogP contribution in [0.15, 0.2) is 24.3 Å². The molecule has 0 fully saturated rings. The van der Waals surface area contributed by atoms with E-state index in [1.165, 1.54) is 12.1 Å². The lowest BCUT2D eigenvalue weighted by molar-refractivity contribution is -0.384. The lowest BCUT2D eigenvalue weighted by Gasteiger charge is -2.39. The number of nitro benzene ring substituents is 1. The maximum absolute atomic E-state index is 13.6. The van der Waals surface area contributed by atoms with Gasteiger partial charge in [0.05, 0.1) is 4.92 Å². The Hall–Kier alpha value is -1.05. The molecule has 130 valence electrons. The minimum Gasteiger partial charge on any atom is -0.402 e. The molecule has 0 amide bonds. The molecule has 1 aromatic carbocycles. The fraction of sp³-hybridized carbons (Fsp3) is 0.571. The molecule has 0 radical (unpaired) electrons. The summed E-state index contributed by atoms with van der Waals surface area (Å²) in [5.74, 6) is -0.653. The molecule has 0 aromatic heterocycles. The molecule has 0 N–H and O–H groups in total. The highest BCUT2D eigenvalue weighted by Gasteiger charge is 2.42. The topological polar surface area (TPSA) is 75.9 Å². The zero-order valence-corrected chi connectivity index (χ0v) is 16.7. The number of non-ortho nitro benzene ring substituents is 1. The predicted octanol–water partition coefficient (Wildman–Crippen LogP) is 3.76. The van der Waals surface area contributed by atoms with E-state index in [0.717, 1.165) is 0 Å². The number of benzene rings is 1. The molecule has 0 saturated heterocycles. The van der Waals surface area contributed by atoms with Gasteiger partial charge in [0.1, 0.15) is 0 Å². The van der Waals surface area contributed by atoms with E-state index in [4.69, 9.17) is 4.43 Å². The first-order chi connectivity index (χ1) is 10.4. The van der Waals surface area contributed by atoms with Crippen LogP contribution in [0.4, 0.5) is 5.69 Å². The molecule has 1 atom stereocenters. The Kier molecular flexibility index (Phi) is 6.29. The summed E-state index contributed by atoms with van der Waals surface area (Å²) in [5.41, 5.74) is 0.689. The summed E-state index contributed by atoms with van der Waals surface area (Å²) in [6.07, 6.45) is 0. The predicted molar refractivity (Wildman–Crippen MR) is 95.2 cm³/mol. The standard InChI is InChI=1S/C14H26N3O4PSi/c1-15(2)22(20,16(3)4)14(21-23(5,6)7)12-8-10-13(11-9-12)17(18)19/h8-11,14H,1-7H3. The van der Waals surface area contributed by atoms with Gasteiger partial charge in [-0.25, -0.2) is 9.34 Å². The Morgan fingerprint density at radius 3 is 1.83 bits per heavy atom. The smallest absolute Gasteiger partial charge is 0.269 e. The molecule has 0 spiro atoms. The Labute approximate surface area is 139 Å². The maximum Gasteiger partial charge on any atom is 0.269 e. The van der Waals surface area contributed by atoms with Gasteiger partial charge in [0.25, 0.3) is 5.69 Å². The summed E-state index contributed by atoms with van der Waals surface area (Å²) < 4.78 is 23.2. The Morgan fingerprint density at radius 2 is 1.52 bits per heavy atom. The third kappa shape index (κ3) is 4.71. The summed E-state index contributed by atoms with van der Waals surface area (Å²) in [7, 11) is 2.01. The average molecular weight is 359 g/mol. The van der Waals surface area contributed by atoms with Gasteiger partial charge in [0.2, 0.25) is 7.44 Å². The van der Waals surface area contributed by atoms with Crippen molar-refractivity contribution in [2.75, 3.05) is 28.2 Å². The van der Waals surface area contributed by atoms with E-state index in [2.05, 4.69) is 0 Å². The van der Waals surface area contributed by atoms with Crippen molar-refractivity contribution in [2.45, 2.75) is 25.5 Å². The zero-order chi connectivity index (χ0) is 18.0. The van der Waals surface area contributed by atoms with Gasteiger partial charge in [-0.3, -0.25) is 14.7 Å². The van der Waals surface area contributed by atoms with Gasteiger partial charge < -0.3 is 4.43 Å². The van der Waals surface area contributed by atoms with Crippen molar-refractivity contribution < 1.29 is 13.9 Å². The lowest BCUT2D eigenvalue weighted by Crippen LogP contribution is -2.33. The maximum atomic E-state index is 13.6. The van der Waals surface area contributed by atoms with Crippen molar-refractivity contribution in [1.29, 1.82) is 0 Å². The van der Waals surface area contributed by atoms with Crippen molar-refractivity contribution in [3.63, 3.8) is 0 Å². The summed E-state index contributed by atoms with van der Waals surface area (Å²) in [6.45, 7) is 6.09. The van der Waals surface area contributed by atoms with Gasteiger partial charge in [-0.05, 0) is 65.5 Å². The highest BCUT2D eigenvalue weighted by molar-refractivity contribution is 7.59. The Bertz CT molecular complexity index is 587. The van der Waals surface area contributed by atoms with Crippen molar-refractivity contribution in [2.24, 2.45) is 0 Å². The second kappa shape index (κ2) is 7.23. The Balaban J connectivity index is 3.41. The monoisotopic (exact) mass is 359 g/mol. The summed E-state index contributed by atoms with van der Waals surface area (Å²) in [4.78, 5) is 10.4. The molecule has 0 aliphatic carbocycles. The average Bonchev–Trinajstić information content (AvgIpc) is 2.42. The van der Waals surface area contributed by atoms with Crippen LogP contribution in [0.1, 0.15) is 11.4 Å². The van der Waals surface area contributed by atoms with Gasteiger partial charge in [-0.1, -0.05) is 0 Å². The quantitative estimate of drug-likeness (QED) is 0.319. The van der Waals surface area contributed by atoms with E-state index in [1.54, 1.807) is 49.7 Å². The Morgan fingerprint density at radius 1 is 1.09 bits per heavy atom. The van der Waals surface area contributed by atoms with Crippen LogP contribution in [0.2, 0.25) is 19.6 Å². The molecule has 23 heavy (non-hydrogen) atoms. The zero-order valence-electron chi connectivity index (χ0n) is 14.8. The fourth-order valence-corrected chi connectivity index (χ4v) is 6.62. The van der Waals surface area contributed by atoms with E-state index in [-0.39, 0.29) is 5.69 Å². The van der Waals surface area contributed by atoms with Gasteiger partial charge in [-0.2, -0.15) is 0 Å². The number of nitro groups is 1. The van der Waals surface area contributed by atoms with E-state index < -0.39 is 26.5 Å². The van der Waals surface area contributed by atoms with Crippen LogP contribution < -0.4 is 0 Å². The fourth-order valence-electron chi connectivity index (χ4n) is 2.20. The largest absolute Gasteiger partial charge is 0.402 e. The SMILES string of the molecule is CN(C)P(=O)(C(O[Si](C)(C)C)c1ccc([N+](=O)[O-])cc1)N(C)C. The highest BCUT2D eigenvalue weighted by Crippen LogP contribution is 2.63. The number of hydrogen-bond acceptors (Lipinski definition) is 4. The third-order valence-corrected chi connectivity index (χ3v) is 7.75. The highest BCUT2D eigenvalue weighted by atomic mass is 31.2. The molecule has 0 aliphatic heterocycles. The minimum atomic E-state index is -3.02. The molecule has 0 bridgehead atoms. The number of rotatable bonds is 7. The lowest BCUT2D eigenvalue weighted by atomic mass is 10.2. The van der Waals surface area contributed by atoms with Gasteiger partial charge >= 0.3 is 0 Å². The minimum absolute atomic E-state index is 0.00467. The summed E-state index contributed by atoms with van der Waals surface area (Å²) in [6, 6.07) is 6.10. The first kappa shape index (κ1) is 20.0. The van der Waals surface area contributed by atoms with Crippen LogP contribution in [0.5, 0.6) is 0 Å². The number of nitrogens with zero attached hydrogens (tertiary/aromatic N) is 3. The molecule has 7 nitrogen and oxygen atoms in total. The van der Waals surface area contributed by atoms with Crippen LogP contribution in [0.3, 0.4) is 0 Å². The number of hydrogen-bond donors (Lipinski definition) is 0. The first-order valence-electron chi connectivity index (χ1n) is 7.27. The van der Waals surface area contributed by atoms with Crippen molar-refractivity contribution in [1.82, 2.24) is 9.34 Å². The second-order valence-electron chi connectivity index (χ2n) is 6.71. The van der Waals surface area contributed by atoms with E-state index in [1.807, 2.05) is 19.6 Å². The van der Waals surface area contributed by atoms with Crippen LogP contribution in [-0.2, 0) is 8.99 Å². The third-order valence-electron chi connectivity index (χ3n) is 3.31. The molecule has 0 saturated carbocycles. The van der Waals surface area contributed by atoms with Crippen LogP contribution in [0.25, 0.3) is 0 Å². The van der Waals surface area contributed by atoms with Crippen LogP contribution in [0, 0.1) is 10.1 Å². The van der Waals surface area contributed by atoms with Crippen molar-refractivity contribution >= 4 is 21.4 Å². The van der Waals surface area contributed by atoms with E-state index in [0.29, 0.717) is 5.56 Å². The summed E-state index contributed by atoms with van der Waals surface area (Å²) in [5, 5.41) is 10.8. The molecule has 0 heterocycles. The molecule has 1 rings (SSSR count). The van der Waals surface area contributed by atoms with Crippen molar-refractivity contribution in [3.05, 3.63) is 39.9 Å². The molecular formula is C14H26N3O4PSi. The molecule has 9 heteroatoms. The van der Waals surface area contributed by atoms with Gasteiger partial charge in [0, 0.05) is 12.1 Å². The second-order valence-corrected chi connectivity index (χ2v) is 14.4.